The van der Waals surface area contributed by atoms with E-state index in [1.165, 1.54) is 0 Å². The quantitative estimate of drug-likeness (QED) is 0.368. The maximum atomic E-state index is 6.44. The molecule has 0 spiro atoms. The summed E-state index contributed by atoms with van der Waals surface area (Å²) in [5.74, 6) is 0.341. The third kappa shape index (κ3) is 4.37. The lowest BCUT2D eigenvalue weighted by atomic mass is 10.0. The predicted octanol–water partition coefficient (Wildman–Crippen LogP) is 7.35. The molecule has 0 fully saturated rings. The van der Waals surface area contributed by atoms with Crippen LogP contribution in [0.2, 0.25) is 10.0 Å². The van der Waals surface area contributed by atoms with E-state index in [4.69, 9.17) is 23.2 Å². The molecule has 4 heteroatoms. The van der Waals surface area contributed by atoms with E-state index in [0.717, 1.165) is 22.5 Å². The highest BCUT2D eigenvalue weighted by atomic mass is 35.5. The second kappa shape index (κ2) is 8.50. The standard InChI is InChI=1S/C24H17Cl2N2/c25-21-13-19(9-11-23(21)27-15-17-5-1-2-6-17)20-10-12-24(22(26)14-20)28-16-18-7-3-4-8-18/h1-7,9-18H/q+1. The highest BCUT2D eigenvalue weighted by molar-refractivity contribution is 6.34. The summed E-state index contributed by atoms with van der Waals surface area (Å²) in [5, 5.41) is 1.20. The molecule has 136 valence electrons. The number of nitrogens with zero attached hydrogens (tertiary/aromatic N) is 2. The molecule has 2 aromatic carbocycles. The summed E-state index contributed by atoms with van der Waals surface area (Å²) in [6.07, 6.45) is 20.9. The van der Waals surface area contributed by atoms with Crippen molar-refractivity contribution in [3.05, 3.63) is 95.1 Å². The molecule has 1 atom stereocenters. The molecule has 0 amide bonds. The van der Waals surface area contributed by atoms with Gasteiger partial charge in [-0.3, -0.25) is 9.98 Å². The first-order valence-corrected chi connectivity index (χ1v) is 9.73. The van der Waals surface area contributed by atoms with E-state index in [1.54, 1.807) is 0 Å². The molecule has 2 aliphatic carbocycles. The minimum Gasteiger partial charge on any atom is -0.259 e. The van der Waals surface area contributed by atoms with Crippen molar-refractivity contribution in [2.75, 3.05) is 0 Å². The first-order valence-electron chi connectivity index (χ1n) is 8.98. The first-order chi connectivity index (χ1) is 13.7. The van der Waals surface area contributed by atoms with Gasteiger partial charge in [0, 0.05) is 24.4 Å². The monoisotopic (exact) mass is 403 g/mol. The maximum Gasteiger partial charge on any atom is 0.168 e. The fourth-order valence-electron chi connectivity index (χ4n) is 2.95. The van der Waals surface area contributed by atoms with Gasteiger partial charge in [0.05, 0.1) is 33.6 Å². The average molecular weight is 404 g/mol. The predicted molar refractivity (Wildman–Crippen MR) is 120 cm³/mol. The van der Waals surface area contributed by atoms with Crippen molar-refractivity contribution in [3.63, 3.8) is 0 Å². The molecule has 0 heterocycles. The van der Waals surface area contributed by atoms with E-state index < -0.39 is 0 Å². The Bertz CT molecular complexity index is 949. The minimum absolute atomic E-state index is 0.109. The summed E-state index contributed by atoms with van der Waals surface area (Å²) in [7, 11) is 0. The van der Waals surface area contributed by atoms with Gasteiger partial charge in [-0.05, 0) is 35.4 Å². The summed E-state index contributed by atoms with van der Waals surface area (Å²) >= 11 is 12.9. The Morgan fingerprint density at radius 1 is 0.750 bits per heavy atom. The van der Waals surface area contributed by atoms with Crippen LogP contribution in [0, 0.1) is 17.9 Å². The van der Waals surface area contributed by atoms with Gasteiger partial charge in [0.2, 0.25) is 0 Å². The molecule has 2 aromatic rings. The smallest absolute Gasteiger partial charge is 0.168 e. The fourth-order valence-corrected chi connectivity index (χ4v) is 3.41. The third-order valence-electron chi connectivity index (χ3n) is 4.47. The van der Waals surface area contributed by atoms with Crippen molar-refractivity contribution in [3.8, 4) is 11.1 Å². The maximum absolute atomic E-state index is 6.44. The zero-order chi connectivity index (χ0) is 19.3. The molecule has 2 nitrogen and oxygen atoms in total. The summed E-state index contributed by atoms with van der Waals surface area (Å²) in [5.41, 5.74) is 3.45. The van der Waals surface area contributed by atoms with Gasteiger partial charge in [-0.15, -0.1) is 0 Å². The van der Waals surface area contributed by atoms with Gasteiger partial charge in [0.15, 0.2) is 12.0 Å². The van der Waals surface area contributed by atoms with Crippen LogP contribution in [-0.2, 0) is 0 Å². The van der Waals surface area contributed by atoms with Crippen LogP contribution >= 0.6 is 23.2 Å². The summed E-state index contributed by atoms with van der Waals surface area (Å²) < 4.78 is 0. The van der Waals surface area contributed by atoms with Crippen molar-refractivity contribution < 1.29 is 0 Å². The molecule has 28 heavy (non-hydrogen) atoms. The van der Waals surface area contributed by atoms with Crippen molar-refractivity contribution in [1.29, 1.82) is 0 Å². The number of hydrogen-bond acceptors (Lipinski definition) is 2. The third-order valence-corrected chi connectivity index (χ3v) is 5.08. The lowest BCUT2D eigenvalue weighted by Gasteiger charge is -2.07. The van der Waals surface area contributed by atoms with Crippen LogP contribution in [0.4, 0.5) is 11.4 Å². The molecular weight excluding hydrogens is 387 g/mol. The van der Waals surface area contributed by atoms with Gasteiger partial charge in [-0.2, -0.15) is 0 Å². The molecule has 0 saturated carbocycles. The zero-order valence-corrected chi connectivity index (χ0v) is 16.5. The highest BCUT2D eigenvalue weighted by Gasteiger charge is 2.11. The Morgan fingerprint density at radius 2 is 1.36 bits per heavy atom. The van der Waals surface area contributed by atoms with Crippen LogP contribution in [0.1, 0.15) is 0 Å². The molecule has 0 aliphatic heterocycles. The van der Waals surface area contributed by atoms with Crippen LogP contribution < -0.4 is 0 Å². The molecule has 0 aromatic heterocycles. The Balaban J connectivity index is 1.52. The van der Waals surface area contributed by atoms with Gasteiger partial charge in [0.1, 0.15) is 0 Å². The van der Waals surface area contributed by atoms with Crippen LogP contribution in [-0.4, -0.2) is 12.4 Å². The normalized spacial score (nSPS) is 18.1. The van der Waals surface area contributed by atoms with Crippen molar-refractivity contribution in [2.45, 2.75) is 0 Å². The summed E-state index contributed by atoms with van der Waals surface area (Å²) in [6.45, 7) is 0. The molecule has 0 radical (unpaired) electrons. The van der Waals surface area contributed by atoms with Crippen molar-refractivity contribution >= 4 is 47.0 Å². The van der Waals surface area contributed by atoms with Gasteiger partial charge >= 0.3 is 0 Å². The second-order valence-corrected chi connectivity index (χ2v) is 7.29. The van der Waals surface area contributed by atoms with Gasteiger partial charge < -0.3 is 0 Å². The Morgan fingerprint density at radius 3 is 1.89 bits per heavy atom. The van der Waals surface area contributed by atoms with Crippen molar-refractivity contribution in [1.82, 2.24) is 0 Å². The molecule has 1 unspecified atom stereocenters. The van der Waals surface area contributed by atoms with Crippen LogP contribution in [0.25, 0.3) is 11.1 Å². The molecule has 0 bridgehead atoms. The molecular formula is C24H17Cl2N2+. The topological polar surface area (TPSA) is 24.7 Å². The van der Waals surface area contributed by atoms with E-state index >= 15 is 0 Å². The Hall–Kier alpha value is -2.77. The number of rotatable bonds is 5. The van der Waals surface area contributed by atoms with Gasteiger partial charge in [-0.25, -0.2) is 0 Å². The molecule has 0 saturated heterocycles. The first kappa shape index (κ1) is 18.6. The van der Waals surface area contributed by atoms with Crippen LogP contribution in [0.15, 0.2) is 88.9 Å². The molecule has 0 N–H and O–H groups in total. The van der Waals surface area contributed by atoms with E-state index in [2.05, 4.69) is 28.2 Å². The lowest BCUT2D eigenvalue weighted by Crippen LogP contribution is -1.89. The van der Waals surface area contributed by atoms with E-state index in [0.29, 0.717) is 10.0 Å². The number of allylic oxidation sites excluding steroid dienone is 8. The van der Waals surface area contributed by atoms with Gasteiger partial charge in [0.25, 0.3) is 0 Å². The molecule has 4 rings (SSSR count). The van der Waals surface area contributed by atoms with E-state index in [9.17, 15) is 0 Å². The Kier molecular flexibility index (Phi) is 5.64. The average Bonchev–Trinajstić information content (AvgIpc) is 3.40. The van der Waals surface area contributed by atoms with E-state index in [1.807, 2.05) is 79.2 Å². The Labute approximate surface area is 174 Å². The minimum atomic E-state index is 0.109. The highest BCUT2D eigenvalue weighted by Crippen LogP contribution is 2.34. The van der Waals surface area contributed by atoms with Crippen molar-refractivity contribution in [2.24, 2.45) is 21.8 Å². The summed E-state index contributed by atoms with van der Waals surface area (Å²) in [6, 6.07) is 11.6. The zero-order valence-electron chi connectivity index (χ0n) is 15.0. The number of halogens is 2. The number of benzene rings is 2. The number of hydrogen-bond donors (Lipinski definition) is 0. The fraction of sp³-hybridized carbons (Fsp3) is 0.0833. The summed E-state index contributed by atoms with van der Waals surface area (Å²) in [4.78, 5) is 8.97. The lowest BCUT2D eigenvalue weighted by molar-refractivity contribution is 1.16. The van der Waals surface area contributed by atoms with Crippen LogP contribution in [0.3, 0.4) is 0 Å². The largest absolute Gasteiger partial charge is 0.259 e. The van der Waals surface area contributed by atoms with Crippen LogP contribution in [0.5, 0.6) is 0 Å². The van der Waals surface area contributed by atoms with Gasteiger partial charge in [-0.1, -0.05) is 59.6 Å². The molecule has 2 aliphatic rings. The van der Waals surface area contributed by atoms with E-state index in [-0.39, 0.29) is 11.8 Å². The number of aliphatic imine (C=N–C) groups is 2. The second-order valence-electron chi connectivity index (χ2n) is 6.48. The SMILES string of the molecule is Clc1cc(-c2ccc(N=CC3C=CC=C3)c(Cl)c2)ccc1N=CC1[C+]=CC=C1.